The zero-order chi connectivity index (χ0) is 24.3. The minimum atomic E-state index is -0.765. The molecule has 1 aliphatic heterocycles. The highest BCUT2D eigenvalue weighted by molar-refractivity contribution is 6.33. The van der Waals surface area contributed by atoms with Crippen LogP contribution in [-0.4, -0.2) is 46.3 Å². The van der Waals surface area contributed by atoms with Crippen molar-refractivity contribution in [3.63, 3.8) is 0 Å². The van der Waals surface area contributed by atoms with Gasteiger partial charge >= 0.3 is 0 Å². The molecule has 0 bridgehead atoms. The molecule has 3 unspecified atom stereocenters. The third-order valence-corrected chi connectivity index (χ3v) is 8.22. The fourth-order valence-electron chi connectivity index (χ4n) is 6.02. The Bertz CT molecular complexity index is 929. The number of rotatable bonds is 7. The molecule has 2 amide bonds. The summed E-state index contributed by atoms with van der Waals surface area (Å²) in [5, 5.41) is 3.52. The quantitative estimate of drug-likeness (QED) is 0.509. The number of amides is 2. The van der Waals surface area contributed by atoms with Gasteiger partial charge < -0.3 is 11.1 Å². The first-order valence-corrected chi connectivity index (χ1v) is 13.3. The topological polar surface area (TPSA) is 101 Å². The van der Waals surface area contributed by atoms with Crippen molar-refractivity contribution in [2.45, 2.75) is 88.6 Å². The first-order chi connectivity index (χ1) is 16.3. The first-order valence-electron chi connectivity index (χ1n) is 12.5. The van der Waals surface area contributed by atoms with Crippen LogP contribution in [0.25, 0.3) is 0 Å². The van der Waals surface area contributed by atoms with Gasteiger partial charge in [0.25, 0.3) is 11.8 Å². The number of halogens is 2. The van der Waals surface area contributed by atoms with Crippen LogP contribution in [0.2, 0.25) is 10.3 Å². The van der Waals surface area contributed by atoms with E-state index in [4.69, 9.17) is 33.9 Å². The van der Waals surface area contributed by atoms with Crippen molar-refractivity contribution in [2.24, 2.45) is 22.6 Å². The molecule has 186 valence electrons. The van der Waals surface area contributed by atoms with Crippen LogP contribution in [-0.2, 0) is 4.79 Å². The van der Waals surface area contributed by atoms with E-state index < -0.39 is 5.54 Å². The van der Waals surface area contributed by atoms with Gasteiger partial charge in [0.1, 0.15) is 15.8 Å². The summed E-state index contributed by atoms with van der Waals surface area (Å²) < 4.78 is 0. The van der Waals surface area contributed by atoms with Crippen LogP contribution in [0.4, 0.5) is 0 Å². The van der Waals surface area contributed by atoms with Gasteiger partial charge in [0.05, 0.1) is 0 Å². The predicted octanol–water partition coefficient (Wildman–Crippen LogP) is 4.95. The number of carbonyl (C=O) groups excluding carboxylic acids is 2. The molecule has 2 aliphatic carbocycles. The maximum Gasteiger partial charge on any atom is 0.257 e. The van der Waals surface area contributed by atoms with Crippen molar-refractivity contribution in [3.05, 3.63) is 28.0 Å². The van der Waals surface area contributed by atoms with E-state index >= 15 is 0 Å². The summed E-state index contributed by atoms with van der Waals surface area (Å²) in [4.78, 5) is 36.3. The number of aliphatic imine (C=N–C) groups is 1. The summed E-state index contributed by atoms with van der Waals surface area (Å²) in [5.74, 6) is 1.11. The molecule has 2 saturated carbocycles. The van der Waals surface area contributed by atoms with Crippen molar-refractivity contribution >= 4 is 41.0 Å². The van der Waals surface area contributed by atoms with E-state index in [1.165, 1.54) is 49.1 Å². The zero-order valence-electron chi connectivity index (χ0n) is 19.9. The van der Waals surface area contributed by atoms with Gasteiger partial charge in [0, 0.05) is 18.7 Å². The van der Waals surface area contributed by atoms with Crippen molar-refractivity contribution in [3.8, 4) is 0 Å². The lowest BCUT2D eigenvalue weighted by Crippen LogP contribution is -2.45. The number of pyridine rings is 1. The van der Waals surface area contributed by atoms with Gasteiger partial charge in [-0.2, -0.15) is 0 Å². The molecule has 4 rings (SSSR count). The summed E-state index contributed by atoms with van der Waals surface area (Å²) in [5.41, 5.74) is 5.75. The van der Waals surface area contributed by atoms with Crippen LogP contribution < -0.4 is 11.1 Å². The lowest BCUT2D eigenvalue weighted by Gasteiger charge is -2.35. The van der Waals surface area contributed by atoms with Gasteiger partial charge in [0.15, 0.2) is 5.96 Å². The number of likely N-dealkylation sites (N-methyl/N-ethyl adjacent to an activating group) is 1. The average molecular weight is 508 g/mol. The van der Waals surface area contributed by atoms with Crippen LogP contribution in [0.3, 0.4) is 0 Å². The second kappa shape index (κ2) is 10.8. The van der Waals surface area contributed by atoms with Crippen molar-refractivity contribution in [2.75, 3.05) is 7.05 Å². The zero-order valence-corrected chi connectivity index (χ0v) is 21.4. The largest absolute Gasteiger partial charge is 0.369 e. The lowest BCUT2D eigenvalue weighted by atomic mass is 9.74. The smallest absolute Gasteiger partial charge is 0.257 e. The van der Waals surface area contributed by atoms with E-state index in [9.17, 15) is 9.59 Å². The minimum absolute atomic E-state index is 0.0213. The van der Waals surface area contributed by atoms with E-state index in [1.54, 1.807) is 7.05 Å². The number of nitrogens with zero attached hydrogens (tertiary/aromatic N) is 3. The monoisotopic (exact) mass is 507 g/mol. The Labute approximate surface area is 211 Å². The molecular weight excluding hydrogens is 473 g/mol. The van der Waals surface area contributed by atoms with E-state index in [1.807, 2.05) is 0 Å². The number of carbonyl (C=O) groups is 2. The number of aromatic nitrogens is 1. The maximum atomic E-state index is 13.3. The molecule has 3 aliphatic rings. The second-order valence-corrected chi connectivity index (χ2v) is 11.1. The highest BCUT2D eigenvalue weighted by atomic mass is 35.5. The first kappa shape index (κ1) is 25.2. The second-order valence-electron chi connectivity index (χ2n) is 10.3. The molecule has 3 atom stereocenters. The molecule has 9 heteroatoms. The van der Waals surface area contributed by atoms with Gasteiger partial charge in [-0.3, -0.25) is 14.5 Å². The molecule has 1 aromatic rings. The number of nitrogens with two attached hydrogens (primary N) is 1. The molecule has 3 N–H and O–H groups in total. The Hall–Kier alpha value is -1.86. The molecule has 1 aromatic heterocycles. The predicted molar refractivity (Wildman–Crippen MR) is 135 cm³/mol. The van der Waals surface area contributed by atoms with E-state index in [0.29, 0.717) is 29.8 Å². The van der Waals surface area contributed by atoms with Crippen LogP contribution in [0.15, 0.2) is 17.1 Å². The Balaban J connectivity index is 1.42. The lowest BCUT2D eigenvalue weighted by molar-refractivity contribution is -0.131. The van der Waals surface area contributed by atoms with Crippen molar-refractivity contribution in [1.82, 2.24) is 15.2 Å². The van der Waals surface area contributed by atoms with Crippen LogP contribution in [0.5, 0.6) is 0 Å². The highest BCUT2D eigenvalue weighted by Gasteiger charge is 2.48. The van der Waals surface area contributed by atoms with Gasteiger partial charge in [-0.25, -0.2) is 9.98 Å². The summed E-state index contributed by atoms with van der Waals surface area (Å²) in [6.45, 7) is 0. The average Bonchev–Trinajstić information content (AvgIpc) is 3.01. The van der Waals surface area contributed by atoms with Gasteiger partial charge in [0.2, 0.25) is 0 Å². The third kappa shape index (κ3) is 5.85. The molecule has 7 nitrogen and oxygen atoms in total. The summed E-state index contributed by atoms with van der Waals surface area (Å²) in [6.07, 6.45) is 12.6. The normalized spacial score (nSPS) is 28.1. The number of guanidine groups is 1. The van der Waals surface area contributed by atoms with E-state index in [0.717, 1.165) is 38.5 Å². The summed E-state index contributed by atoms with van der Waals surface area (Å²) in [7, 11) is 1.72. The SMILES string of the molecule is CN1C(=O)C(CCC2CCCCC2)(CC2CCCC(NC(=O)c3cc(Cl)nc(Cl)c3)C2)N=C1N. The Morgan fingerprint density at radius 2 is 1.79 bits per heavy atom. The Morgan fingerprint density at radius 3 is 2.44 bits per heavy atom. The number of hydrogen-bond acceptors (Lipinski definition) is 5. The molecule has 34 heavy (non-hydrogen) atoms. The van der Waals surface area contributed by atoms with E-state index in [2.05, 4.69) is 10.3 Å². The number of hydrogen-bond donors (Lipinski definition) is 2. The molecule has 0 saturated heterocycles. The van der Waals surface area contributed by atoms with Gasteiger partial charge in [-0.15, -0.1) is 0 Å². The summed E-state index contributed by atoms with van der Waals surface area (Å²) in [6, 6.07) is 3.07. The van der Waals surface area contributed by atoms with Crippen LogP contribution in [0.1, 0.15) is 87.4 Å². The van der Waals surface area contributed by atoms with Crippen LogP contribution in [0, 0.1) is 11.8 Å². The molecule has 2 fully saturated rings. The Morgan fingerprint density at radius 1 is 1.12 bits per heavy atom. The molecule has 0 aromatic carbocycles. The van der Waals surface area contributed by atoms with Crippen molar-refractivity contribution in [1.29, 1.82) is 0 Å². The third-order valence-electron chi connectivity index (χ3n) is 7.84. The van der Waals surface area contributed by atoms with E-state index in [-0.39, 0.29) is 28.2 Å². The molecule has 0 spiro atoms. The molecule has 0 radical (unpaired) electrons. The highest BCUT2D eigenvalue weighted by Crippen LogP contribution is 2.40. The fourth-order valence-corrected chi connectivity index (χ4v) is 6.49. The minimum Gasteiger partial charge on any atom is -0.369 e. The number of nitrogens with one attached hydrogen (secondary N) is 1. The van der Waals surface area contributed by atoms with Gasteiger partial charge in [-0.05, 0) is 56.1 Å². The molecular formula is C25H35Cl2N5O2. The fraction of sp³-hybridized carbons (Fsp3) is 0.680. The van der Waals surface area contributed by atoms with Gasteiger partial charge in [-0.1, -0.05) is 68.1 Å². The standard InChI is InChI=1S/C25H35Cl2N5O2/c1-32-23(34)25(31-24(32)28,11-10-16-6-3-2-4-7-16)15-17-8-5-9-19(12-17)29-22(33)18-13-20(26)30-21(27)14-18/h13-14,16-17,19H,2-12,15H2,1H3,(H2,28,31)(H,29,33). The Kier molecular flexibility index (Phi) is 8.03. The molecule has 2 heterocycles. The van der Waals surface area contributed by atoms with Crippen LogP contribution >= 0.6 is 23.2 Å². The summed E-state index contributed by atoms with van der Waals surface area (Å²) >= 11 is 11.9. The van der Waals surface area contributed by atoms with Crippen molar-refractivity contribution < 1.29 is 9.59 Å². The maximum absolute atomic E-state index is 13.3.